The lowest BCUT2D eigenvalue weighted by Gasteiger charge is -2.35. The number of aliphatic hydroxyl groups is 1. The summed E-state index contributed by atoms with van der Waals surface area (Å²) in [5, 5.41) is 14.6. The summed E-state index contributed by atoms with van der Waals surface area (Å²) in [7, 11) is 0. The second kappa shape index (κ2) is 9.61. The Hall–Kier alpha value is -0.820. The second-order valence-corrected chi connectivity index (χ2v) is 8.32. The van der Waals surface area contributed by atoms with Crippen molar-refractivity contribution in [2.45, 2.75) is 51.6 Å². The van der Waals surface area contributed by atoms with Gasteiger partial charge in [-0.3, -0.25) is 0 Å². The Labute approximate surface area is 152 Å². The molecule has 2 aliphatic rings. The van der Waals surface area contributed by atoms with Crippen molar-refractivity contribution >= 4 is 35.2 Å². The van der Waals surface area contributed by atoms with Crippen LogP contribution in [0.5, 0.6) is 0 Å². The number of oxime groups is 1. The molecular formula is C17H27NO4S2. The molecule has 24 heavy (non-hydrogen) atoms. The molecule has 0 saturated carbocycles. The molecule has 136 valence electrons. The van der Waals surface area contributed by atoms with Crippen molar-refractivity contribution in [1.82, 2.24) is 0 Å². The number of rotatable bonds is 7. The van der Waals surface area contributed by atoms with E-state index in [9.17, 15) is 9.90 Å². The predicted octanol–water partition coefficient (Wildman–Crippen LogP) is 3.94. The summed E-state index contributed by atoms with van der Waals surface area (Å²) in [4.78, 5) is 17.9. The fraction of sp³-hybridized carbons (Fsp3) is 0.765. The Morgan fingerprint density at radius 1 is 1.29 bits per heavy atom. The smallest absolute Gasteiger partial charge is 0.344 e. The summed E-state index contributed by atoms with van der Waals surface area (Å²) >= 11 is 3.55. The molecule has 0 aromatic heterocycles. The summed E-state index contributed by atoms with van der Waals surface area (Å²) in [6.45, 7) is 4.54. The van der Waals surface area contributed by atoms with Gasteiger partial charge in [-0.25, -0.2) is 4.79 Å². The minimum absolute atomic E-state index is 0.0899. The van der Waals surface area contributed by atoms with E-state index in [0.717, 1.165) is 42.3 Å². The molecule has 1 N–H and O–H groups in total. The lowest BCUT2D eigenvalue weighted by molar-refractivity contribution is -0.152. The molecule has 0 aromatic carbocycles. The van der Waals surface area contributed by atoms with E-state index in [0.29, 0.717) is 25.2 Å². The topological polar surface area (TPSA) is 68.1 Å². The van der Waals surface area contributed by atoms with Crippen LogP contribution in [-0.4, -0.2) is 52.0 Å². The van der Waals surface area contributed by atoms with Crippen molar-refractivity contribution in [2.75, 3.05) is 29.6 Å². The maximum absolute atomic E-state index is 12.5. The minimum Gasteiger partial charge on any atom is -0.511 e. The first-order chi connectivity index (χ1) is 11.6. The van der Waals surface area contributed by atoms with E-state index < -0.39 is 11.6 Å². The van der Waals surface area contributed by atoms with Gasteiger partial charge in [0, 0.05) is 29.4 Å². The Morgan fingerprint density at radius 2 is 2.00 bits per heavy atom. The van der Waals surface area contributed by atoms with Crippen LogP contribution < -0.4 is 0 Å². The highest BCUT2D eigenvalue weighted by Gasteiger charge is 2.43. The van der Waals surface area contributed by atoms with E-state index >= 15 is 0 Å². The average molecular weight is 374 g/mol. The molecule has 2 rings (SSSR count). The third-order valence-corrected chi connectivity index (χ3v) is 6.74. The van der Waals surface area contributed by atoms with Crippen LogP contribution in [0.25, 0.3) is 0 Å². The Balaban J connectivity index is 2.09. The number of carbonyl (C=O) groups excluding carboxylic acids is 1. The largest absolute Gasteiger partial charge is 0.511 e. The van der Waals surface area contributed by atoms with E-state index in [1.165, 1.54) is 0 Å². The summed E-state index contributed by atoms with van der Waals surface area (Å²) in [5.41, 5.74) is 0.0767. The van der Waals surface area contributed by atoms with Crippen molar-refractivity contribution in [3.05, 3.63) is 11.3 Å². The first-order valence-electron chi connectivity index (χ1n) is 8.62. The van der Waals surface area contributed by atoms with Crippen LogP contribution in [0.2, 0.25) is 0 Å². The van der Waals surface area contributed by atoms with Gasteiger partial charge in [0.15, 0.2) is 0 Å². The van der Waals surface area contributed by atoms with Gasteiger partial charge in [-0.1, -0.05) is 31.8 Å². The molecule has 1 spiro atoms. The van der Waals surface area contributed by atoms with Crippen molar-refractivity contribution in [3.63, 3.8) is 0 Å². The molecule has 0 amide bonds. The number of hydrogen-bond acceptors (Lipinski definition) is 7. The number of unbranched alkanes of at least 4 members (excludes halogenated alkanes) is 2. The number of aliphatic hydroxyl groups excluding tert-OH is 1. The number of ether oxygens (including phenoxy) is 1. The van der Waals surface area contributed by atoms with Crippen LogP contribution >= 0.6 is 23.5 Å². The van der Waals surface area contributed by atoms with Crippen molar-refractivity contribution < 1.29 is 19.5 Å². The van der Waals surface area contributed by atoms with Crippen LogP contribution in [-0.2, 0) is 14.4 Å². The highest BCUT2D eigenvalue weighted by atomic mass is 32.2. The van der Waals surface area contributed by atoms with Gasteiger partial charge < -0.3 is 14.7 Å². The van der Waals surface area contributed by atoms with E-state index in [4.69, 9.17) is 9.57 Å². The monoisotopic (exact) mass is 373 g/mol. The first kappa shape index (κ1) is 19.5. The zero-order valence-electron chi connectivity index (χ0n) is 14.5. The maximum Gasteiger partial charge on any atom is 0.344 e. The molecule has 0 aliphatic carbocycles. The Morgan fingerprint density at radius 3 is 2.58 bits per heavy atom. The lowest BCUT2D eigenvalue weighted by atomic mass is 9.94. The fourth-order valence-electron chi connectivity index (χ4n) is 2.74. The SMILES string of the molecule is CCCCCO/N=C(/CC)C1=C(O)CC2(CSCCSC2)OC1=O. The quantitative estimate of drug-likeness (QED) is 0.315. The normalized spacial score (nSPS) is 21.6. The average Bonchev–Trinajstić information content (AvgIpc) is 2.77. The second-order valence-electron chi connectivity index (χ2n) is 6.11. The van der Waals surface area contributed by atoms with Crippen molar-refractivity contribution in [3.8, 4) is 0 Å². The van der Waals surface area contributed by atoms with Gasteiger partial charge in [-0.05, 0) is 12.8 Å². The third kappa shape index (κ3) is 5.09. The van der Waals surface area contributed by atoms with E-state index in [-0.39, 0.29) is 11.3 Å². The molecule has 1 fully saturated rings. The van der Waals surface area contributed by atoms with Gasteiger partial charge >= 0.3 is 5.97 Å². The predicted molar refractivity (Wildman–Crippen MR) is 101 cm³/mol. The molecule has 1 saturated heterocycles. The summed E-state index contributed by atoms with van der Waals surface area (Å²) in [6.07, 6.45) is 4.01. The minimum atomic E-state index is -0.586. The van der Waals surface area contributed by atoms with Gasteiger partial charge in [-0.15, -0.1) is 0 Å². The molecule has 5 nitrogen and oxygen atoms in total. The number of nitrogens with zero attached hydrogens (tertiary/aromatic N) is 1. The zero-order chi connectivity index (χ0) is 17.4. The third-order valence-electron chi connectivity index (χ3n) is 4.03. The molecular weight excluding hydrogens is 346 g/mol. The summed E-state index contributed by atoms with van der Waals surface area (Å²) < 4.78 is 5.77. The standard InChI is InChI=1S/C17H27NO4S2/c1-3-5-6-7-21-18-13(4-2)15-14(19)10-17(22-16(15)20)11-23-8-9-24-12-17/h19H,3-12H2,1-2H3/b18-13-. The van der Waals surface area contributed by atoms with E-state index in [2.05, 4.69) is 12.1 Å². The Bertz CT molecular complexity index is 497. The Kier molecular flexibility index (Phi) is 7.81. The molecule has 0 atom stereocenters. The zero-order valence-corrected chi connectivity index (χ0v) is 16.1. The van der Waals surface area contributed by atoms with Crippen LogP contribution in [0.1, 0.15) is 46.0 Å². The van der Waals surface area contributed by atoms with Crippen molar-refractivity contribution in [1.29, 1.82) is 0 Å². The van der Waals surface area contributed by atoms with E-state index in [1.54, 1.807) is 23.5 Å². The van der Waals surface area contributed by atoms with Gasteiger partial charge in [0.1, 0.15) is 23.5 Å². The van der Waals surface area contributed by atoms with Gasteiger partial charge in [-0.2, -0.15) is 23.5 Å². The molecule has 0 radical (unpaired) electrons. The van der Waals surface area contributed by atoms with Gasteiger partial charge in [0.25, 0.3) is 0 Å². The number of carbonyl (C=O) groups is 1. The highest BCUT2D eigenvalue weighted by molar-refractivity contribution is 8.03. The molecule has 2 heterocycles. The summed E-state index contributed by atoms with van der Waals surface area (Å²) in [5.74, 6) is 3.18. The number of hydrogen-bond donors (Lipinski definition) is 1. The van der Waals surface area contributed by atoms with Crippen molar-refractivity contribution in [2.24, 2.45) is 5.16 Å². The highest BCUT2D eigenvalue weighted by Crippen LogP contribution is 2.37. The van der Waals surface area contributed by atoms with E-state index in [1.807, 2.05) is 6.92 Å². The molecule has 0 aromatic rings. The van der Waals surface area contributed by atoms with Crippen LogP contribution in [0.3, 0.4) is 0 Å². The van der Waals surface area contributed by atoms with Crippen LogP contribution in [0.4, 0.5) is 0 Å². The molecule has 0 bridgehead atoms. The first-order valence-corrected chi connectivity index (χ1v) is 10.9. The molecule has 2 aliphatic heterocycles. The number of thioether (sulfide) groups is 2. The molecule has 7 heteroatoms. The summed E-state index contributed by atoms with van der Waals surface area (Å²) in [6, 6.07) is 0. The lowest BCUT2D eigenvalue weighted by Crippen LogP contribution is -2.45. The molecule has 0 unspecified atom stereocenters. The van der Waals surface area contributed by atoms with Crippen LogP contribution in [0, 0.1) is 0 Å². The number of esters is 1. The van der Waals surface area contributed by atoms with Crippen LogP contribution in [0.15, 0.2) is 16.5 Å². The van der Waals surface area contributed by atoms with Gasteiger partial charge in [0.05, 0.1) is 5.71 Å². The maximum atomic E-state index is 12.5. The fourth-order valence-corrected chi connectivity index (χ4v) is 5.37. The van der Waals surface area contributed by atoms with Gasteiger partial charge in [0.2, 0.25) is 0 Å².